The van der Waals surface area contributed by atoms with E-state index >= 15 is 0 Å². The summed E-state index contributed by atoms with van der Waals surface area (Å²) in [5.74, 6) is 1.81. The Morgan fingerprint density at radius 2 is 1.39 bits per heavy atom. The van der Waals surface area contributed by atoms with Crippen molar-refractivity contribution >= 4 is 12.2 Å². The number of aromatic nitrogens is 3. The van der Waals surface area contributed by atoms with Gasteiger partial charge in [0.05, 0.1) is 5.69 Å². The summed E-state index contributed by atoms with van der Waals surface area (Å²) in [6.07, 6.45) is 15.8. The van der Waals surface area contributed by atoms with Gasteiger partial charge in [-0.3, -0.25) is 5.10 Å². The van der Waals surface area contributed by atoms with E-state index in [0.29, 0.717) is 11.4 Å². The zero-order chi connectivity index (χ0) is 23.1. The molecule has 0 bridgehead atoms. The van der Waals surface area contributed by atoms with E-state index in [1.807, 2.05) is 47.1 Å². The van der Waals surface area contributed by atoms with Gasteiger partial charge in [0, 0.05) is 6.42 Å². The number of unbranched alkanes of at least 4 members (excludes halogenated alkanes) is 10. The van der Waals surface area contributed by atoms with E-state index in [0.717, 1.165) is 35.7 Å². The second-order valence-electron chi connectivity index (χ2n) is 8.84. The van der Waals surface area contributed by atoms with Crippen LogP contribution in [0.4, 0.5) is 0 Å². The molecule has 0 aliphatic carbocycles. The third-order valence-corrected chi connectivity index (χ3v) is 6.30. The molecule has 0 saturated heterocycles. The number of aryl methyl sites for hydroxylation is 1. The molecule has 3 aromatic rings. The molecule has 0 aliphatic heterocycles. The summed E-state index contributed by atoms with van der Waals surface area (Å²) < 4.78 is 8.33. The van der Waals surface area contributed by atoms with Crippen molar-refractivity contribution < 1.29 is 4.74 Å². The molecule has 1 aromatic heterocycles. The zero-order valence-corrected chi connectivity index (χ0v) is 20.9. The van der Waals surface area contributed by atoms with E-state index in [-0.39, 0.29) is 0 Å². The van der Waals surface area contributed by atoms with Gasteiger partial charge < -0.3 is 4.74 Å². The highest BCUT2D eigenvalue weighted by molar-refractivity contribution is 7.71. The summed E-state index contributed by atoms with van der Waals surface area (Å²) in [5.41, 5.74) is 2.13. The van der Waals surface area contributed by atoms with Crippen LogP contribution < -0.4 is 4.74 Å². The van der Waals surface area contributed by atoms with Crippen LogP contribution in [0.15, 0.2) is 54.6 Å². The molecular weight excluding hydrogens is 426 g/mol. The second-order valence-corrected chi connectivity index (χ2v) is 9.21. The van der Waals surface area contributed by atoms with Gasteiger partial charge in [0.15, 0.2) is 0 Å². The number of nitrogens with one attached hydrogen (secondary N) is 1. The van der Waals surface area contributed by atoms with Crippen LogP contribution in [0.25, 0.3) is 5.69 Å². The van der Waals surface area contributed by atoms with Crippen LogP contribution in [0.5, 0.6) is 5.75 Å². The van der Waals surface area contributed by atoms with Crippen molar-refractivity contribution in [2.75, 3.05) is 0 Å². The minimum Gasteiger partial charge on any atom is -0.489 e. The highest BCUT2D eigenvalue weighted by atomic mass is 32.1. The summed E-state index contributed by atoms with van der Waals surface area (Å²) in [5, 5.41) is 3.37. The van der Waals surface area contributed by atoms with Gasteiger partial charge in [0.25, 0.3) is 0 Å². The number of benzene rings is 2. The monoisotopic (exact) mass is 465 g/mol. The van der Waals surface area contributed by atoms with Crippen molar-refractivity contribution in [1.29, 1.82) is 0 Å². The largest absolute Gasteiger partial charge is 0.489 e. The van der Waals surface area contributed by atoms with Crippen LogP contribution in [-0.4, -0.2) is 14.8 Å². The molecule has 5 heteroatoms. The van der Waals surface area contributed by atoms with Crippen molar-refractivity contribution in [2.45, 2.75) is 90.6 Å². The van der Waals surface area contributed by atoms with Crippen molar-refractivity contribution in [3.05, 3.63) is 70.8 Å². The molecule has 0 saturated carbocycles. The second kappa shape index (κ2) is 14.7. The van der Waals surface area contributed by atoms with Crippen LogP contribution >= 0.6 is 12.2 Å². The molecule has 0 spiro atoms. The Hall–Kier alpha value is -2.40. The Balaban J connectivity index is 1.35. The molecule has 0 unspecified atom stereocenters. The third kappa shape index (κ3) is 9.17. The molecule has 0 fully saturated rings. The maximum atomic E-state index is 5.88. The molecule has 1 heterocycles. The van der Waals surface area contributed by atoms with Crippen LogP contribution in [0.1, 0.15) is 88.9 Å². The standard InChI is InChI=1S/C28H39N3OS/c1-2-3-4-5-6-7-8-9-10-11-15-18-27-29-28(33)31(30-27)25-19-21-26(22-20-25)32-23-24-16-13-12-14-17-24/h12-14,16-17,19-22H,2-11,15,18,23H2,1H3,(H,29,30,33). The molecule has 178 valence electrons. The molecule has 0 atom stereocenters. The molecule has 2 aromatic carbocycles. The molecule has 0 radical (unpaired) electrons. The first kappa shape index (κ1) is 25.2. The average molecular weight is 466 g/mol. The lowest BCUT2D eigenvalue weighted by molar-refractivity contribution is 0.306. The molecule has 1 N–H and O–H groups in total. The molecule has 3 rings (SSSR count). The summed E-state index contributed by atoms with van der Waals surface area (Å²) in [6, 6.07) is 18.2. The first-order chi connectivity index (χ1) is 16.3. The smallest absolute Gasteiger partial charge is 0.220 e. The fraction of sp³-hybridized carbons (Fsp3) is 0.500. The van der Waals surface area contributed by atoms with Gasteiger partial charge in [-0.2, -0.15) is 0 Å². The average Bonchev–Trinajstić information content (AvgIpc) is 3.22. The quantitative estimate of drug-likeness (QED) is 0.171. The minimum atomic E-state index is 0.562. The van der Waals surface area contributed by atoms with Gasteiger partial charge in [-0.25, -0.2) is 9.67 Å². The first-order valence-corrected chi connectivity index (χ1v) is 13.1. The van der Waals surface area contributed by atoms with Gasteiger partial charge >= 0.3 is 0 Å². The fourth-order valence-corrected chi connectivity index (χ4v) is 4.30. The van der Waals surface area contributed by atoms with Gasteiger partial charge in [0.2, 0.25) is 4.77 Å². The van der Waals surface area contributed by atoms with Crippen LogP contribution in [0.2, 0.25) is 0 Å². The van der Waals surface area contributed by atoms with Crippen LogP contribution in [0, 0.1) is 4.77 Å². The zero-order valence-electron chi connectivity index (χ0n) is 20.1. The number of nitrogens with zero attached hydrogens (tertiary/aromatic N) is 2. The van der Waals surface area contributed by atoms with Gasteiger partial charge in [-0.15, -0.1) is 0 Å². The van der Waals surface area contributed by atoms with Gasteiger partial charge in [0.1, 0.15) is 18.2 Å². The van der Waals surface area contributed by atoms with E-state index in [4.69, 9.17) is 17.0 Å². The fourth-order valence-electron chi connectivity index (χ4n) is 4.04. The first-order valence-electron chi connectivity index (χ1n) is 12.7. The number of ether oxygens (including phenoxy) is 1. The Bertz CT molecular complexity index is 963. The van der Waals surface area contributed by atoms with Crippen LogP contribution in [0.3, 0.4) is 0 Å². The predicted molar refractivity (Wildman–Crippen MR) is 140 cm³/mol. The summed E-state index contributed by atoms with van der Waals surface area (Å²) in [4.78, 5) is 4.56. The summed E-state index contributed by atoms with van der Waals surface area (Å²) in [6.45, 7) is 2.84. The van der Waals surface area contributed by atoms with Gasteiger partial charge in [-0.1, -0.05) is 101 Å². The van der Waals surface area contributed by atoms with Crippen molar-refractivity contribution in [3.63, 3.8) is 0 Å². The number of H-pyrrole nitrogens is 1. The maximum Gasteiger partial charge on any atom is 0.220 e. The van der Waals surface area contributed by atoms with E-state index in [9.17, 15) is 0 Å². The molecule has 0 aliphatic rings. The number of aromatic amines is 1. The lowest BCUT2D eigenvalue weighted by Gasteiger charge is -2.08. The Morgan fingerprint density at radius 3 is 2.03 bits per heavy atom. The Labute approximate surface area is 204 Å². The summed E-state index contributed by atoms with van der Waals surface area (Å²) in [7, 11) is 0. The molecule has 4 nitrogen and oxygen atoms in total. The Morgan fingerprint density at radius 1 is 0.788 bits per heavy atom. The lowest BCUT2D eigenvalue weighted by atomic mass is 10.1. The normalized spacial score (nSPS) is 11.1. The highest BCUT2D eigenvalue weighted by Gasteiger charge is 2.05. The van der Waals surface area contributed by atoms with E-state index < -0.39 is 0 Å². The number of hydrogen-bond acceptors (Lipinski definition) is 3. The van der Waals surface area contributed by atoms with Crippen molar-refractivity contribution in [1.82, 2.24) is 14.8 Å². The SMILES string of the molecule is CCCCCCCCCCCCCc1nc(=S)n(-c2ccc(OCc3ccccc3)cc2)[nH]1. The van der Waals surface area contributed by atoms with Crippen molar-refractivity contribution in [2.24, 2.45) is 0 Å². The lowest BCUT2D eigenvalue weighted by Crippen LogP contribution is -1.99. The van der Waals surface area contributed by atoms with Crippen LogP contribution in [-0.2, 0) is 13.0 Å². The third-order valence-electron chi connectivity index (χ3n) is 6.02. The molecular formula is C28H39N3OS. The van der Waals surface area contributed by atoms with E-state index in [2.05, 4.69) is 29.1 Å². The maximum absolute atomic E-state index is 5.88. The van der Waals surface area contributed by atoms with E-state index in [1.165, 1.54) is 64.2 Å². The highest BCUT2D eigenvalue weighted by Crippen LogP contribution is 2.17. The number of hydrogen-bond donors (Lipinski definition) is 1. The number of rotatable bonds is 16. The Kier molecular flexibility index (Phi) is 11.2. The van der Waals surface area contributed by atoms with Crippen molar-refractivity contribution in [3.8, 4) is 11.4 Å². The topological polar surface area (TPSA) is 42.8 Å². The van der Waals surface area contributed by atoms with E-state index in [1.54, 1.807) is 0 Å². The molecule has 0 amide bonds. The molecule has 33 heavy (non-hydrogen) atoms. The summed E-state index contributed by atoms with van der Waals surface area (Å²) >= 11 is 5.48. The predicted octanol–water partition coefficient (Wildman–Crippen LogP) is 8.36. The minimum absolute atomic E-state index is 0.562. The van der Waals surface area contributed by atoms with Gasteiger partial charge in [-0.05, 0) is 48.5 Å².